The largest absolute Gasteiger partial charge is 0.492 e. The summed E-state index contributed by atoms with van der Waals surface area (Å²) in [5.74, 6) is -5.72. The van der Waals surface area contributed by atoms with E-state index in [0.717, 1.165) is 25.4 Å². The molecule has 4 aliphatic rings. The van der Waals surface area contributed by atoms with Gasteiger partial charge in [0, 0.05) is 41.8 Å². The van der Waals surface area contributed by atoms with Gasteiger partial charge in [-0.15, -0.1) is 0 Å². The standard InChI is InChI=1S/C42H55F2N5O9S/c1-8-56-33-23-45-35(30-16-12-11-15-29(30)33)57-28-20-32-34(50)47-42(37(52)48-59(54,55)40(6)17-18-40)21-27(42)14-10-9-13-25(2)19-26(3)31(36(51)49(32)24-28)22-46-38(53)58-39(4,5)41(7,43)44/h10-12,14-16,22-23,25-28,32H,8-9,13,17-21,24H2,1-7H3,(H,46,53)(H,47,50)(H,48,52)/b14-10?,31-22+. The van der Waals surface area contributed by atoms with E-state index in [-0.39, 0.29) is 36.8 Å². The van der Waals surface area contributed by atoms with Crippen molar-refractivity contribution in [1.29, 1.82) is 0 Å². The average Bonchev–Trinajstić information content (AvgIpc) is 4.03. The summed E-state index contributed by atoms with van der Waals surface area (Å²) in [4.78, 5) is 62.1. The number of hydrogen-bond donors (Lipinski definition) is 3. The van der Waals surface area contributed by atoms with Gasteiger partial charge in [0.15, 0.2) is 5.60 Å². The van der Waals surface area contributed by atoms with Crippen molar-refractivity contribution in [2.24, 2.45) is 17.8 Å². The molecule has 3 N–H and O–H groups in total. The molecular formula is C42H55F2N5O9S. The van der Waals surface area contributed by atoms with Gasteiger partial charge in [0.25, 0.3) is 17.7 Å². The van der Waals surface area contributed by atoms with Crippen LogP contribution >= 0.6 is 0 Å². The van der Waals surface area contributed by atoms with E-state index in [1.165, 1.54) is 11.1 Å². The van der Waals surface area contributed by atoms with Crippen molar-refractivity contribution < 1.29 is 50.6 Å². The molecule has 17 heteroatoms. The summed E-state index contributed by atoms with van der Waals surface area (Å²) in [6.07, 6.45) is 7.11. The number of nitrogens with one attached hydrogen (secondary N) is 3. The number of halogens is 2. The number of carbonyl (C=O) groups excluding carboxylic acids is 4. The van der Waals surface area contributed by atoms with Crippen molar-refractivity contribution in [3.8, 4) is 11.6 Å². The minimum Gasteiger partial charge on any atom is -0.492 e. The summed E-state index contributed by atoms with van der Waals surface area (Å²) in [7, 11) is -4.05. The summed E-state index contributed by atoms with van der Waals surface area (Å²) in [5, 5.41) is 6.61. The number of nitrogens with zero attached hydrogens (tertiary/aromatic N) is 2. The molecular weight excluding hydrogens is 789 g/mol. The quantitative estimate of drug-likeness (QED) is 0.192. The molecule has 2 aliphatic carbocycles. The number of fused-ring (bicyclic) bond motifs is 3. The van der Waals surface area contributed by atoms with Gasteiger partial charge in [-0.1, -0.05) is 44.2 Å². The van der Waals surface area contributed by atoms with Crippen LogP contribution in [0, 0.1) is 17.8 Å². The number of alkyl carbamates (subject to hydrolysis) is 1. The lowest BCUT2D eigenvalue weighted by Crippen LogP contribution is -2.57. The van der Waals surface area contributed by atoms with Crippen LogP contribution in [0.1, 0.15) is 93.4 Å². The van der Waals surface area contributed by atoms with Gasteiger partial charge < -0.3 is 24.4 Å². The molecule has 322 valence electrons. The van der Waals surface area contributed by atoms with Crippen molar-refractivity contribution in [1.82, 2.24) is 25.2 Å². The highest BCUT2D eigenvalue weighted by Gasteiger charge is 2.63. The fourth-order valence-electron chi connectivity index (χ4n) is 7.64. The molecule has 2 aliphatic heterocycles. The number of alkyl halides is 2. The zero-order valence-corrected chi connectivity index (χ0v) is 35.4. The molecule has 6 atom stereocenters. The summed E-state index contributed by atoms with van der Waals surface area (Å²) < 4.78 is 73.3. The van der Waals surface area contributed by atoms with Gasteiger partial charge >= 0.3 is 6.09 Å². The first-order chi connectivity index (χ1) is 27.6. The van der Waals surface area contributed by atoms with Crippen LogP contribution in [0.25, 0.3) is 10.8 Å². The van der Waals surface area contributed by atoms with Crippen molar-refractivity contribution >= 4 is 44.6 Å². The predicted octanol–water partition coefficient (Wildman–Crippen LogP) is 5.91. The Bertz CT molecular complexity index is 2150. The maximum absolute atomic E-state index is 14.8. The number of sulfonamides is 1. The molecule has 59 heavy (non-hydrogen) atoms. The highest BCUT2D eigenvalue weighted by Crippen LogP contribution is 2.48. The topological polar surface area (TPSA) is 182 Å². The number of allylic oxidation sites excluding steroid dienone is 1. The van der Waals surface area contributed by atoms with Gasteiger partial charge in [0.2, 0.25) is 21.8 Å². The summed E-state index contributed by atoms with van der Waals surface area (Å²) in [5.41, 5.74) is -3.68. The summed E-state index contributed by atoms with van der Waals surface area (Å²) in [6, 6.07) is 6.12. The normalized spacial score (nSPS) is 28.1. The maximum Gasteiger partial charge on any atom is 0.411 e. The first-order valence-electron chi connectivity index (χ1n) is 20.2. The van der Waals surface area contributed by atoms with Crippen molar-refractivity contribution in [2.75, 3.05) is 13.2 Å². The van der Waals surface area contributed by atoms with Crippen LogP contribution in [0.3, 0.4) is 0 Å². The highest BCUT2D eigenvalue weighted by molar-refractivity contribution is 7.91. The zero-order valence-electron chi connectivity index (χ0n) is 34.6. The molecule has 0 spiro atoms. The number of benzene rings is 1. The first-order valence-corrected chi connectivity index (χ1v) is 21.7. The van der Waals surface area contributed by atoms with Crippen LogP contribution in [0.5, 0.6) is 11.6 Å². The Kier molecular flexibility index (Phi) is 12.1. The van der Waals surface area contributed by atoms with E-state index in [4.69, 9.17) is 14.2 Å². The Balaban J connectivity index is 1.36. The zero-order chi connectivity index (χ0) is 43.1. The fourth-order valence-corrected chi connectivity index (χ4v) is 8.95. The lowest BCUT2D eigenvalue weighted by molar-refractivity contribution is -0.149. The van der Waals surface area contributed by atoms with E-state index in [1.807, 2.05) is 50.3 Å². The second kappa shape index (κ2) is 16.3. The van der Waals surface area contributed by atoms with E-state index in [1.54, 1.807) is 13.8 Å². The van der Waals surface area contributed by atoms with Gasteiger partial charge in [-0.25, -0.2) is 27.0 Å². The molecule has 4 amide bonds. The minimum atomic E-state index is -4.05. The third-order valence-electron chi connectivity index (χ3n) is 12.2. The molecule has 1 saturated heterocycles. The lowest BCUT2D eigenvalue weighted by atomic mass is 9.88. The van der Waals surface area contributed by atoms with E-state index < -0.39 is 79.6 Å². The number of amides is 4. The van der Waals surface area contributed by atoms with Gasteiger partial charge in [0.1, 0.15) is 23.4 Å². The number of pyridine rings is 1. The molecule has 2 saturated carbocycles. The lowest BCUT2D eigenvalue weighted by Gasteiger charge is -2.31. The van der Waals surface area contributed by atoms with E-state index >= 15 is 0 Å². The number of aromatic nitrogens is 1. The molecule has 14 nitrogen and oxygen atoms in total. The van der Waals surface area contributed by atoms with Gasteiger partial charge in [0.05, 0.1) is 24.1 Å². The van der Waals surface area contributed by atoms with Crippen LogP contribution in [0.2, 0.25) is 0 Å². The maximum atomic E-state index is 14.8. The van der Waals surface area contributed by atoms with Crippen LogP contribution in [-0.4, -0.2) is 89.2 Å². The van der Waals surface area contributed by atoms with Crippen molar-refractivity contribution in [2.45, 2.75) is 127 Å². The van der Waals surface area contributed by atoms with Gasteiger partial charge in [-0.05, 0) is 84.1 Å². The molecule has 6 unspecified atom stereocenters. The average molecular weight is 844 g/mol. The Morgan fingerprint density at radius 2 is 1.80 bits per heavy atom. The van der Waals surface area contributed by atoms with Gasteiger partial charge in [-0.2, -0.15) is 0 Å². The summed E-state index contributed by atoms with van der Waals surface area (Å²) >= 11 is 0. The van der Waals surface area contributed by atoms with E-state index in [2.05, 4.69) is 20.3 Å². The number of hydrogen-bond acceptors (Lipinski definition) is 10. The molecule has 3 heterocycles. The van der Waals surface area contributed by atoms with Gasteiger partial charge in [-0.3, -0.25) is 24.4 Å². The van der Waals surface area contributed by atoms with E-state index in [9.17, 15) is 36.4 Å². The second-order valence-electron chi connectivity index (χ2n) is 17.3. The Labute approximate surface area is 343 Å². The van der Waals surface area contributed by atoms with Crippen molar-refractivity contribution in [3.63, 3.8) is 0 Å². The SMILES string of the molecule is CCOc1cnc(OC2CC3C(=O)NC4(C(=O)NS(=O)(=O)C5(C)CC5)CC4C=CCCC(C)CC(C)/C(=C\NC(=O)OC(C)(C)C(C)(F)F)C(=O)N3C2)c2ccccc12. The first kappa shape index (κ1) is 43.8. The number of rotatable bonds is 10. The molecule has 6 rings (SSSR count). The Hall–Kier alpha value is -4.80. The van der Waals surface area contributed by atoms with Crippen molar-refractivity contribution in [3.05, 3.63) is 54.4 Å². The van der Waals surface area contributed by atoms with Crippen LogP contribution in [-0.2, 0) is 29.1 Å². The third kappa shape index (κ3) is 9.19. The molecule has 1 aromatic heterocycles. The van der Waals surface area contributed by atoms with Crippen LogP contribution < -0.4 is 24.8 Å². The third-order valence-corrected chi connectivity index (χ3v) is 14.4. The van der Waals surface area contributed by atoms with Crippen LogP contribution in [0.15, 0.2) is 54.4 Å². The molecule has 3 fully saturated rings. The molecule has 0 radical (unpaired) electrons. The minimum absolute atomic E-state index is 0.0390. The number of carbonyl (C=O) groups is 4. The number of ether oxygens (including phenoxy) is 3. The highest BCUT2D eigenvalue weighted by atomic mass is 32.2. The second-order valence-corrected chi connectivity index (χ2v) is 19.5. The fraction of sp³-hybridized carbons (Fsp3) is 0.595. The predicted molar refractivity (Wildman–Crippen MR) is 215 cm³/mol. The molecule has 2 aromatic rings. The monoisotopic (exact) mass is 843 g/mol. The van der Waals surface area contributed by atoms with E-state index in [0.29, 0.717) is 56.8 Å². The molecule has 1 aromatic carbocycles. The Morgan fingerprint density at radius 3 is 2.46 bits per heavy atom. The summed E-state index contributed by atoms with van der Waals surface area (Å²) in [6.45, 7) is 10.3. The smallest absolute Gasteiger partial charge is 0.411 e. The molecule has 0 bridgehead atoms. The Morgan fingerprint density at radius 1 is 1.10 bits per heavy atom. The van der Waals surface area contributed by atoms with Crippen LogP contribution in [0.4, 0.5) is 13.6 Å².